The van der Waals surface area contributed by atoms with Crippen LogP contribution in [0.4, 0.5) is 5.13 Å². The van der Waals surface area contributed by atoms with Gasteiger partial charge in [-0.25, -0.2) is 4.98 Å². The van der Waals surface area contributed by atoms with Gasteiger partial charge >= 0.3 is 0 Å². The largest absolute Gasteiger partial charge is 0.388 e. The molecule has 0 amide bonds. The van der Waals surface area contributed by atoms with E-state index in [1.807, 2.05) is 13.8 Å². The number of hydrogen-bond acceptors (Lipinski definition) is 4. The highest BCUT2D eigenvalue weighted by Gasteiger charge is 2.23. The molecule has 0 radical (unpaired) electrons. The Morgan fingerprint density at radius 3 is 2.83 bits per heavy atom. The van der Waals surface area contributed by atoms with Crippen LogP contribution in [0.5, 0.6) is 0 Å². The van der Waals surface area contributed by atoms with Crippen LogP contribution in [0.25, 0.3) is 0 Å². The first kappa shape index (κ1) is 13.8. The van der Waals surface area contributed by atoms with Gasteiger partial charge in [0.25, 0.3) is 0 Å². The van der Waals surface area contributed by atoms with Gasteiger partial charge in [0.2, 0.25) is 0 Å². The van der Waals surface area contributed by atoms with Crippen LogP contribution < -0.4 is 4.90 Å². The van der Waals surface area contributed by atoms with Gasteiger partial charge in [0.15, 0.2) is 5.13 Å². The summed E-state index contributed by atoms with van der Waals surface area (Å²) in [4.78, 5) is 8.17. The summed E-state index contributed by atoms with van der Waals surface area (Å²) < 4.78 is 0. The van der Waals surface area contributed by atoms with Crippen molar-refractivity contribution in [2.45, 2.75) is 65.0 Å². The molecule has 3 nitrogen and oxygen atoms in total. The van der Waals surface area contributed by atoms with Gasteiger partial charge in [-0.1, -0.05) is 31.1 Å². The normalized spacial score (nSPS) is 22.9. The third-order valence-corrected chi connectivity index (χ3v) is 5.16. The zero-order chi connectivity index (χ0) is 13.1. The van der Waals surface area contributed by atoms with Crippen molar-refractivity contribution in [1.29, 1.82) is 0 Å². The van der Waals surface area contributed by atoms with Crippen molar-refractivity contribution in [3.05, 3.63) is 10.6 Å². The standard InChI is InChI=1S/C14H24N2OS/c1-4-12-8-6-5-7-9-16(12)14-15-10(2)13(18-14)11(3)17/h11-12,17H,4-9H2,1-3H3. The molecule has 1 saturated heterocycles. The Morgan fingerprint density at radius 2 is 2.22 bits per heavy atom. The SMILES string of the molecule is CCC1CCCCCN1c1nc(C)c(C(C)O)s1. The van der Waals surface area contributed by atoms with Crippen molar-refractivity contribution in [3.63, 3.8) is 0 Å². The van der Waals surface area contributed by atoms with Crippen LogP contribution in [0.1, 0.15) is 62.6 Å². The first-order valence-corrected chi connectivity index (χ1v) is 7.87. The molecule has 1 aromatic heterocycles. The summed E-state index contributed by atoms with van der Waals surface area (Å²) in [6.45, 7) is 7.20. The third kappa shape index (κ3) is 2.86. The van der Waals surface area contributed by atoms with Crippen LogP contribution in [0.15, 0.2) is 0 Å². The highest BCUT2D eigenvalue weighted by Crippen LogP contribution is 2.34. The molecule has 18 heavy (non-hydrogen) atoms. The Morgan fingerprint density at radius 1 is 1.44 bits per heavy atom. The summed E-state index contributed by atoms with van der Waals surface area (Å²) in [6, 6.07) is 0.625. The molecule has 1 aliphatic rings. The molecule has 0 aliphatic carbocycles. The number of aliphatic hydroxyl groups is 1. The maximum Gasteiger partial charge on any atom is 0.186 e. The summed E-state index contributed by atoms with van der Waals surface area (Å²) >= 11 is 1.67. The van der Waals surface area contributed by atoms with E-state index in [0.717, 1.165) is 22.2 Å². The Kier molecular flexibility index (Phi) is 4.62. The van der Waals surface area contributed by atoms with E-state index in [9.17, 15) is 5.11 Å². The maximum absolute atomic E-state index is 9.75. The number of aryl methyl sites for hydroxylation is 1. The van der Waals surface area contributed by atoms with Gasteiger partial charge in [0.1, 0.15) is 0 Å². The molecule has 4 heteroatoms. The van der Waals surface area contributed by atoms with E-state index in [0.29, 0.717) is 6.04 Å². The molecule has 2 unspecified atom stereocenters. The lowest BCUT2D eigenvalue weighted by molar-refractivity contribution is 0.202. The van der Waals surface area contributed by atoms with Gasteiger partial charge in [0, 0.05) is 12.6 Å². The fourth-order valence-electron chi connectivity index (χ4n) is 2.76. The van der Waals surface area contributed by atoms with Crippen molar-refractivity contribution in [2.24, 2.45) is 0 Å². The van der Waals surface area contributed by atoms with Gasteiger partial charge in [0.05, 0.1) is 16.7 Å². The highest BCUT2D eigenvalue weighted by atomic mass is 32.1. The molecule has 0 saturated carbocycles. The minimum atomic E-state index is -0.400. The summed E-state index contributed by atoms with van der Waals surface area (Å²) in [5.41, 5.74) is 0.990. The van der Waals surface area contributed by atoms with Gasteiger partial charge in [-0.05, 0) is 33.1 Å². The van der Waals surface area contributed by atoms with Gasteiger partial charge in [-0.2, -0.15) is 0 Å². The fourth-order valence-corrected chi connectivity index (χ4v) is 3.86. The van der Waals surface area contributed by atoms with Gasteiger partial charge in [-0.15, -0.1) is 0 Å². The second kappa shape index (κ2) is 6.02. The lowest BCUT2D eigenvalue weighted by Crippen LogP contribution is -2.34. The molecule has 102 valence electrons. The molecule has 2 rings (SSSR count). The highest BCUT2D eigenvalue weighted by molar-refractivity contribution is 7.15. The topological polar surface area (TPSA) is 36.4 Å². The van der Waals surface area contributed by atoms with E-state index in [-0.39, 0.29) is 0 Å². The molecular formula is C14H24N2OS. The van der Waals surface area contributed by atoms with Crippen LogP contribution in [-0.4, -0.2) is 22.7 Å². The predicted octanol–water partition coefficient (Wildman–Crippen LogP) is 3.66. The monoisotopic (exact) mass is 268 g/mol. The number of hydrogen-bond donors (Lipinski definition) is 1. The lowest BCUT2D eigenvalue weighted by atomic mass is 10.1. The van der Waals surface area contributed by atoms with E-state index in [1.54, 1.807) is 11.3 Å². The molecular weight excluding hydrogens is 244 g/mol. The first-order valence-electron chi connectivity index (χ1n) is 7.05. The second-order valence-corrected chi connectivity index (χ2v) is 6.24. The van der Waals surface area contributed by atoms with E-state index in [2.05, 4.69) is 16.8 Å². The Hall–Kier alpha value is -0.610. The molecule has 1 aliphatic heterocycles. The van der Waals surface area contributed by atoms with Crippen molar-refractivity contribution in [2.75, 3.05) is 11.4 Å². The number of thiazole rings is 1. The number of rotatable bonds is 3. The summed E-state index contributed by atoms with van der Waals surface area (Å²) in [7, 11) is 0. The molecule has 0 aromatic carbocycles. The first-order chi connectivity index (χ1) is 8.63. The van der Waals surface area contributed by atoms with Crippen LogP contribution in [0.2, 0.25) is 0 Å². The van der Waals surface area contributed by atoms with Crippen molar-refractivity contribution >= 4 is 16.5 Å². The number of anilines is 1. The average molecular weight is 268 g/mol. The lowest BCUT2D eigenvalue weighted by Gasteiger charge is -2.28. The Labute approximate surface area is 114 Å². The van der Waals surface area contributed by atoms with Crippen LogP contribution in [0.3, 0.4) is 0 Å². The zero-order valence-corrected chi connectivity index (χ0v) is 12.5. The van der Waals surface area contributed by atoms with Crippen molar-refractivity contribution < 1.29 is 5.11 Å². The average Bonchev–Trinajstić information content (AvgIpc) is 2.59. The van der Waals surface area contributed by atoms with Gasteiger partial charge < -0.3 is 10.0 Å². The van der Waals surface area contributed by atoms with E-state index in [1.165, 1.54) is 32.1 Å². The maximum atomic E-state index is 9.75. The van der Waals surface area contributed by atoms with E-state index < -0.39 is 6.10 Å². The minimum absolute atomic E-state index is 0.400. The minimum Gasteiger partial charge on any atom is -0.388 e. The van der Waals surface area contributed by atoms with E-state index in [4.69, 9.17) is 0 Å². The molecule has 0 spiro atoms. The predicted molar refractivity (Wildman–Crippen MR) is 77.4 cm³/mol. The molecule has 1 fully saturated rings. The number of nitrogens with zero attached hydrogens (tertiary/aromatic N) is 2. The van der Waals surface area contributed by atoms with Crippen molar-refractivity contribution in [1.82, 2.24) is 4.98 Å². The zero-order valence-electron chi connectivity index (χ0n) is 11.6. The van der Waals surface area contributed by atoms with Crippen LogP contribution in [0, 0.1) is 6.92 Å². The molecule has 1 aromatic rings. The van der Waals surface area contributed by atoms with Crippen LogP contribution >= 0.6 is 11.3 Å². The number of aromatic nitrogens is 1. The number of aliphatic hydroxyl groups excluding tert-OH is 1. The molecule has 2 heterocycles. The summed E-state index contributed by atoms with van der Waals surface area (Å²) in [5.74, 6) is 0. The molecule has 0 bridgehead atoms. The summed E-state index contributed by atoms with van der Waals surface area (Å²) in [6.07, 6.45) is 5.99. The Bertz CT molecular complexity index is 389. The fraction of sp³-hybridized carbons (Fsp3) is 0.786. The third-order valence-electron chi connectivity index (χ3n) is 3.79. The smallest absolute Gasteiger partial charge is 0.186 e. The molecule has 1 N–H and O–H groups in total. The Balaban J connectivity index is 2.24. The van der Waals surface area contributed by atoms with Crippen LogP contribution in [-0.2, 0) is 0 Å². The summed E-state index contributed by atoms with van der Waals surface area (Å²) in [5, 5.41) is 10.9. The second-order valence-electron chi connectivity index (χ2n) is 5.23. The molecule has 2 atom stereocenters. The quantitative estimate of drug-likeness (QED) is 0.908. The van der Waals surface area contributed by atoms with Crippen molar-refractivity contribution in [3.8, 4) is 0 Å². The van der Waals surface area contributed by atoms with Gasteiger partial charge in [-0.3, -0.25) is 0 Å². The van der Waals surface area contributed by atoms with E-state index >= 15 is 0 Å².